The first-order valence-electron chi connectivity index (χ1n) is 7.02. The van der Waals surface area contributed by atoms with Gasteiger partial charge in [-0.1, -0.05) is 28.9 Å². The zero-order valence-corrected chi connectivity index (χ0v) is 14.4. The summed E-state index contributed by atoms with van der Waals surface area (Å²) < 4.78 is 6.58. The van der Waals surface area contributed by atoms with Crippen LogP contribution in [0.2, 0.25) is 0 Å². The van der Waals surface area contributed by atoms with E-state index >= 15 is 0 Å². The molecule has 0 radical (unpaired) electrons. The van der Waals surface area contributed by atoms with Crippen LogP contribution in [0.4, 0.5) is 0 Å². The summed E-state index contributed by atoms with van der Waals surface area (Å²) >= 11 is 5.12. The summed E-state index contributed by atoms with van der Waals surface area (Å²) in [7, 11) is 0. The minimum Gasteiger partial charge on any atom is -0.491 e. The van der Waals surface area contributed by atoms with Gasteiger partial charge in [-0.3, -0.25) is 0 Å². The summed E-state index contributed by atoms with van der Waals surface area (Å²) in [6.07, 6.45) is 0.475. The Morgan fingerprint density at radius 1 is 1.29 bits per heavy atom. The highest BCUT2D eigenvalue weighted by Gasteiger charge is 2.12. The average Bonchev–Trinajstić information content (AvgIpc) is 3.01. The first kappa shape index (κ1) is 16.5. The molecular formula is C16H20BrNO2S. The molecule has 1 aromatic carbocycles. The van der Waals surface area contributed by atoms with E-state index in [1.54, 1.807) is 11.3 Å². The molecule has 5 heteroatoms. The quantitative estimate of drug-likeness (QED) is 0.738. The van der Waals surface area contributed by atoms with Gasteiger partial charge in [-0.05, 0) is 42.1 Å². The van der Waals surface area contributed by atoms with E-state index in [9.17, 15) is 5.11 Å². The molecule has 2 atom stereocenters. The first-order chi connectivity index (χ1) is 10.2. The Hall–Kier alpha value is -0.880. The normalized spacial score (nSPS) is 13.9. The number of hydrogen-bond acceptors (Lipinski definition) is 4. The summed E-state index contributed by atoms with van der Waals surface area (Å²) in [5.41, 5.74) is 0. The van der Waals surface area contributed by atoms with Gasteiger partial charge >= 0.3 is 0 Å². The van der Waals surface area contributed by atoms with Crippen molar-refractivity contribution >= 4 is 27.3 Å². The Labute approximate surface area is 138 Å². The molecule has 0 amide bonds. The van der Waals surface area contributed by atoms with Gasteiger partial charge in [0.2, 0.25) is 0 Å². The number of thiophene rings is 1. The van der Waals surface area contributed by atoms with Crippen molar-refractivity contribution in [1.29, 1.82) is 0 Å². The number of rotatable bonds is 8. The van der Waals surface area contributed by atoms with Crippen LogP contribution in [0, 0.1) is 0 Å². The summed E-state index contributed by atoms with van der Waals surface area (Å²) in [6, 6.07) is 12.1. The Balaban J connectivity index is 1.74. The molecule has 114 valence electrons. The Kier molecular flexibility index (Phi) is 6.70. The number of aliphatic hydroxyl groups excluding tert-OH is 1. The third-order valence-electron chi connectivity index (χ3n) is 3.15. The van der Waals surface area contributed by atoms with E-state index in [1.165, 1.54) is 4.88 Å². The monoisotopic (exact) mass is 369 g/mol. The van der Waals surface area contributed by atoms with Crippen LogP contribution in [-0.4, -0.2) is 24.4 Å². The van der Waals surface area contributed by atoms with Gasteiger partial charge in [-0.2, -0.15) is 0 Å². The van der Waals surface area contributed by atoms with E-state index in [1.807, 2.05) is 24.3 Å². The second kappa shape index (κ2) is 8.54. The molecule has 3 nitrogen and oxygen atoms in total. The Morgan fingerprint density at radius 2 is 2.05 bits per heavy atom. The van der Waals surface area contributed by atoms with Crippen LogP contribution in [0.1, 0.15) is 24.3 Å². The van der Waals surface area contributed by atoms with E-state index in [-0.39, 0.29) is 6.61 Å². The van der Waals surface area contributed by atoms with Crippen molar-refractivity contribution < 1.29 is 9.84 Å². The lowest BCUT2D eigenvalue weighted by Gasteiger charge is -2.18. The van der Waals surface area contributed by atoms with Gasteiger partial charge < -0.3 is 15.2 Å². The number of hydrogen-bond donors (Lipinski definition) is 2. The molecule has 1 aromatic heterocycles. The van der Waals surface area contributed by atoms with Gasteiger partial charge in [-0.25, -0.2) is 0 Å². The fourth-order valence-corrected chi connectivity index (χ4v) is 3.15. The molecule has 0 spiro atoms. The van der Waals surface area contributed by atoms with E-state index in [0.717, 1.165) is 16.6 Å². The maximum absolute atomic E-state index is 10.0. The number of benzene rings is 1. The van der Waals surface area contributed by atoms with Crippen molar-refractivity contribution in [3.63, 3.8) is 0 Å². The van der Waals surface area contributed by atoms with Crippen LogP contribution >= 0.6 is 27.3 Å². The fraction of sp³-hybridized carbons (Fsp3) is 0.375. The van der Waals surface area contributed by atoms with E-state index in [4.69, 9.17) is 4.74 Å². The van der Waals surface area contributed by atoms with Crippen molar-refractivity contribution in [3.8, 4) is 5.75 Å². The van der Waals surface area contributed by atoms with Gasteiger partial charge in [0, 0.05) is 21.9 Å². The standard InChI is InChI=1S/C16H20BrNO2S/c1-2-15(16-4-3-9-21-16)18-10-13(19)11-20-14-7-5-12(17)6-8-14/h3-9,13,15,18-19H,2,10-11H2,1H3. The van der Waals surface area contributed by atoms with Gasteiger partial charge in [0.25, 0.3) is 0 Å². The summed E-state index contributed by atoms with van der Waals surface area (Å²) in [5, 5.41) is 15.5. The average molecular weight is 370 g/mol. The molecule has 0 aliphatic carbocycles. The molecular weight excluding hydrogens is 350 g/mol. The van der Waals surface area contributed by atoms with Gasteiger partial charge in [0.1, 0.15) is 18.5 Å². The van der Waals surface area contributed by atoms with Crippen molar-refractivity contribution in [2.45, 2.75) is 25.5 Å². The predicted molar refractivity (Wildman–Crippen MR) is 91.0 cm³/mol. The molecule has 2 N–H and O–H groups in total. The topological polar surface area (TPSA) is 41.5 Å². The SMILES string of the molecule is CCC(NCC(O)COc1ccc(Br)cc1)c1cccs1. The van der Waals surface area contributed by atoms with Gasteiger partial charge in [0.05, 0.1) is 0 Å². The van der Waals surface area contributed by atoms with Crippen molar-refractivity contribution in [2.75, 3.05) is 13.2 Å². The van der Waals surface area contributed by atoms with Gasteiger partial charge in [-0.15, -0.1) is 11.3 Å². The molecule has 21 heavy (non-hydrogen) atoms. The van der Waals surface area contributed by atoms with Crippen LogP contribution in [0.25, 0.3) is 0 Å². The highest BCUT2D eigenvalue weighted by Crippen LogP contribution is 2.21. The molecule has 2 aromatic rings. The number of aliphatic hydroxyl groups is 1. The third-order valence-corrected chi connectivity index (χ3v) is 4.67. The largest absolute Gasteiger partial charge is 0.491 e. The predicted octanol–water partition coefficient (Wildman–Crippen LogP) is 3.99. The van der Waals surface area contributed by atoms with Gasteiger partial charge in [0.15, 0.2) is 0 Å². The Bertz CT molecular complexity index is 516. The molecule has 0 bridgehead atoms. The smallest absolute Gasteiger partial charge is 0.119 e. The van der Waals surface area contributed by atoms with Crippen LogP contribution in [0.15, 0.2) is 46.3 Å². The third kappa shape index (κ3) is 5.43. The first-order valence-corrected chi connectivity index (χ1v) is 8.69. The Morgan fingerprint density at radius 3 is 2.67 bits per heavy atom. The zero-order chi connectivity index (χ0) is 15.1. The number of halogens is 1. The molecule has 0 saturated carbocycles. The lowest BCUT2D eigenvalue weighted by atomic mass is 10.2. The van der Waals surface area contributed by atoms with E-state index < -0.39 is 6.10 Å². The minimum absolute atomic E-state index is 0.287. The van der Waals surface area contributed by atoms with Crippen molar-refractivity contribution in [2.24, 2.45) is 0 Å². The molecule has 0 aliphatic heterocycles. The molecule has 1 heterocycles. The maximum atomic E-state index is 10.0. The van der Waals surface area contributed by atoms with Crippen LogP contribution in [-0.2, 0) is 0 Å². The van der Waals surface area contributed by atoms with Crippen molar-refractivity contribution in [1.82, 2.24) is 5.32 Å². The fourth-order valence-electron chi connectivity index (χ4n) is 2.00. The molecule has 2 rings (SSSR count). The minimum atomic E-state index is -0.525. The van der Waals surface area contributed by atoms with Crippen LogP contribution in [0.5, 0.6) is 5.75 Å². The van der Waals surface area contributed by atoms with Crippen LogP contribution < -0.4 is 10.1 Å². The lowest BCUT2D eigenvalue weighted by molar-refractivity contribution is 0.103. The summed E-state index contributed by atoms with van der Waals surface area (Å²) in [5.74, 6) is 0.766. The number of nitrogens with one attached hydrogen (secondary N) is 1. The zero-order valence-electron chi connectivity index (χ0n) is 12.0. The molecule has 0 fully saturated rings. The lowest BCUT2D eigenvalue weighted by Crippen LogP contribution is -2.33. The van der Waals surface area contributed by atoms with Crippen LogP contribution in [0.3, 0.4) is 0 Å². The van der Waals surface area contributed by atoms with E-state index in [2.05, 4.69) is 45.7 Å². The number of ether oxygens (including phenoxy) is 1. The molecule has 2 unspecified atom stereocenters. The molecule has 0 aliphatic rings. The maximum Gasteiger partial charge on any atom is 0.119 e. The van der Waals surface area contributed by atoms with Crippen molar-refractivity contribution in [3.05, 3.63) is 51.1 Å². The van der Waals surface area contributed by atoms with E-state index in [0.29, 0.717) is 12.6 Å². The summed E-state index contributed by atoms with van der Waals surface area (Å²) in [6.45, 7) is 2.95. The summed E-state index contributed by atoms with van der Waals surface area (Å²) in [4.78, 5) is 1.30. The second-order valence-electron chi connectivity index (χ2n) is 4.80. The highest BCUT2D eigenvalue weighted by molar-refractivity contribution is 9.10. The highest BCUT2D eigenvalue weighted by atomic mass is 79.9. The second-order valence-corrected chi connectivity index (χ2v) is 6.70. The molecule has 0 saturated heterocycles.